The molecule has 1 aromatic carbocycles. The van der Waals surface area contributed by atoms with Crippen LogP contribution < -0.4 is 4.90 Å². The van der Waals surface area contributed by atoms with E-state index in [1.54, 1.807) is 59.2 Å². The first-order valence-electron chi connectivity index (χ1n) is 7.21. The highest BCUT2D eigenvalue weighted by Gasteiger charge is 2.21. The summed E-state index contributed by atoms with van der Waals surface area (Å²) >= 11 is 0. The second-order valence-corrected chi connectivity index (χ2v) is 4.58. The third-order valence-corrected chi connectivity index (χ3v) is 3.16. The van der Waals surface area contributed by atoms with E-state index in [1.807, 2.05) is 6.92 Å². The Hall–Kier alpha value is -2.63. The molecule has 0 saturated carbocycles. The van der Waals surface area contributed by atoms with Gasteiger partial charge in [0.25, 0.3) is 0 Å². The van der Waals surface area contributed by atoms with E-state index in [1.165, 1.54) is 0 Å². The van der Waals surface area contributed by atoms with E-state index >= 15 is 0 Å². The minimum Gasteiger partial charge on any atom is -0.462 e. The van der Waals surface area contributed by atoms with Crippen LogP contribution in [0.15, 0.2) is 42.7 Å². The van der Waals surface area contributed by atoms with Crippen LogP contribution in [0.2, 0.25) is 0 Å². The molecule has 2 rings (SSSR count). The van der Waals surface area contributed by atoms with E-state index in [4.69, 9.17) is 4.74 Å². The number of likely N-dealkylation sites (N-methyl/N-ethyl adjacent to an activating group) is 1. The Morgan fingerprint density at radius 2 is 2.00 bits per heavy atom. The lowest BCUT2D eigenvalue weighted by Gasteiger charge is -2.23. The number of nitrogens with zero attached hydrogens (tertiary/aromatic N) is 3. The van der Waals surface area contributed by atoms with Crippen LogP contribution in [0.4, 0.5) is 5.69 Å². The number of amides is 1. The first-order valence-corrected chi connectivity index (χ1v) is 7.21. The molecule has 1 aromatic heterocycles. The summed E-state index contributed by atoms with van der Waals surface area (Å²) in [6, 6.07) is 8.72. The molecule has 0 saturated heterocycles. The maximum atomic E-state index is 12.5. The molecule has 2 aromatic rings. The molecule has 0 N–H and O–H groups in total. The minimum absolute atomic E-state index is 0.123. The van der Waals surface area contributed by atoms with Crippen molar-refractivity contribution in [2.24, 2.45) is 0 Å². The van der Waals surface area contributed by atoms with Gasteiger partial charge in [0.05, 0.1) is 17.9 Å². The molecule has 116 valence electrons. The maximum Gasteiger partial charge on any atom is 0.340 e. The van der Waals surface area contributed by atoms with Crippen LogP contribution >= 0.6 is 0 Å². The van der Waals surface area contributed by atoms with Crippen molar-refractivity contribution in [2.45, 2.75) is 20.4 Å². The van der Waals surface area contributed by atoms with Crippen LogP contribution in [0.5, 0.6) is 0 Å². The maximum absolute atomic E-state index is 12.5. The summed E-state index contributed by atoms with van der Waals surface area (Å²) in [5.41, 5.74) is 0.945. The zero-order chi connectivity index (χ0) is 15.9. The Morgan fingerprint density at radius 3 is 2.64 bits per heavy atom. The topological polar surface area (TPSA) is 64.4 Å². The Kier molecular flexibility index (Phi) is 5.30. The quantitative estimate of drug-likeness (QED) is 0.767. The molecule has 22 heavy (non-hydrogen) atoms. The molecule has 0 aliphatic rings. The molecule has 0 fully saturated rings. The highest BCUT2D eigenvalue weighted by atomic mass is 16.5. The van der Waals surface area contributed by atoms with Crippen molar-refractivity contribution in [3.05, 3.63) is 48.3 Å². The summed E-state index contributed by atoms with van der Waals surface area (Å²) in [4.78, 5) is 26.1. The SMILES string of the molecule is CCOC(=O)c1ccccc1N(CC)C(=O)Cn1cccn1. The summed E-state index contributed by atoms with van der Waals surface area (Å²) in [5.74, 6) is -0.564. The van der Waals surface area contributed by atoms with Crippen LogP contribution in [0, 0.1) is 0 Å². The van der Waals surface area contributed by atoms with E-state index in [9.17, 15) is 9.59 Å². The molecular formula is C16H19N3O3. The summed E-state index contributed by atoms with van der Waals surface area (Å²) < 4.78 is 6.61. The summed E-state index contributed by atoms with van der Waals surface area (Å²) in [6.07, 6.45) is 3.35. The monoisotopic (exact) mass is 301 g/mol. The van der Waals surface area contributed by atoms with Crippen molar-refractivity contribution in [3.8, 4) is 0 Å². The largest absolute Gasteiger partial charge is 0.462 e. The first-order chi connectivity index (χ1) is 10.7. The molecule has 0 aliphatic carbocycles. The summed E-state index contributed by atoms with van der Waals surface area (Å²) in [6.45, 7) is 4.49. The fraction of sp³-hybridized carbons (Fsp3) is 0.312. The standard InChI is InChI=1S/C16H19N3O3/c1-3-19(15(20)12-18-11-7-10-17-18)14-9-6-5-8-13(14)16(21)22-4-2/h5-11H,3-4,12H2,1-2H3. The second kappa shape index (κ2) is 7.40. The lowest BCUT2D eigenvalue weighted by atomic mass is 10.1. The van der Waals surface area contributed by atoms with Crippen molar-refractivity contribution in [1.29, 1.82) is 0 Å². The predicted octanol–water partition coefficient (Wildman–Crippen LogP) is 2.11. The van der Waals surface area contributed by atoms with Gasteiger partial charge in [-0.25, -0.2) is 4.79 Å². The molecule has 0 atom stereocenters. The van der Waals surface area contributed by atoms with E-state index in [-0.39, 0.29) is 12.5 Å². The van der Waals surface area contributed by atoms with Gasteiger partial charge >= 0.3 is 5.97 Å². The fourth-order valence-corrected chi connectivity index (χ4v) is 2.19. The molecule has 1 amide bonds. The van der Waals surface area contributed by atoms with Crippen LogP contribution in [0.1, 0.15) is 24.2 Å². The van der Waals surface area contributed by atoms with Gasteiger partial charge in [0.15, 0.2) is 0 Å². The van der Waals surface area contributed by atoms with E-state index in [0.29, 0.717) is 24.4 Å². The fourth-order valence-electron chi connectivity index (χ4n) is 2.19. The number of rotatable bonds is 6. The Balaban J connectivity index is 2.27. The van der Waals surface area contributed by atoms with E-state index in [0.717, 1.165) is 0 Å². The first kappa shape index (κ1) is 15.8. The molecule has 6 nitrogen and oxygen atoms in total. The van der Waals surface area contributed by atoms with Gasteiger partial charge in [-0.1, -0.05) is 12.1 Å². The van der Waals surface area contributed by atoms with Crippen molar-refractivity contribution in [1.82, 2.24) is 9.78 Å². The number of esters is 1. The normalized spacial score (nSPS) is 10.3. The lowest BCUT2D eigenvalue weighted by molar-refractivity contribution is -0.119. The second-order valence-electron chi connectivity index (χ2n) is 4.58. The molecule has 0 spiro atoms. The number of hydrogen-bond donors (Lipinski definition) is 0. The van der Waals surface area contributed by atoms with Crippen molar-refractivity contribution < 1.29 is 14.3 Å². The smallest absolute Gasteiger partial charge is 0.340 e. The third kappa shape index (κ3) is 3.52. The van der Waals surface area contributed by atoms with Gasteiger partial charge in [-0.3, -0.25) is 9.48 Å². The van der Waals surface area contributed by atoms with Crippen LogP contribution in [0.3, 0.4) is 0 Å². The number of carbonyl (C=O) groups is 2. The highest BCUT2D eigenvalue weighted by molar-refractivity contribution is 6.02. The molecular weight excluding hydrogens is 282 g/mol. The minimum atomic E-state index is -0.427. The number of hydrogen-bond acceptors (Lipinski definition) is 4. The van der Waals surface area contributed by atoms with Crippen LogP contribution in [0.25, 0.3) is 0 Å². The van der Waals surface area contributed by atoms with Crippen LogP contribution in [-0.4, -0.2) is 34.8 Å². The van der Waals surface area contributed by atoms with Gasteiger partial charge < -0.3 is 9.64 Å². The van der Waals surface area contributed by atoms with Crippen molar-refractivity contribution in [3.63, 3.8) is 0 Å². The predicted molar refractivity (Wildman–Crippen MR) is 82.7 cm³/mol. The zero-order valence-electron chi connectivity index (χ0n) is 12.7. The van der Waals surface area contributed by atoms with Gasteiger partial charge in [-0.2, -0.15) is 5.10 Å². The Morgan fingerprint density at radius 1 is 1.23 bits per heavy atom. The van der Waals surface area contributed by atoms with Gasteiger partial charge in [0, 0.05) is 18.9 Å². The number of anilines is 1. The van der Waals surface area contributed by atoms with E-state index < -0.39 is 5.97 Å². The van der Waals surface area contributed by atoms with Crippen molar-refractivity contribution >= 4 is 17.6 Å². The molecule has 0 aliphatic heterocycles. The van der Waals surface area contributed by atoms with Crippen molar-refractivity contribution in [2.75, 3.05) is 18.1 Å². The number of para-hydroxylation sites is 1. The Bertz CT molecular complexity index is 638. The summed E-state index contributed by atoms with van der Waals surface area (Å²) in [5, 5.41) is 4.03. The van der Waals surface area contributed by atoms with E-state index in [2.05, 4.69) is 5.10 Å². The number of benzene rings is 1. The number of aromatic nitrogens is 2. The van der Waals surface area contributed by atoms with Gasteiger partial charge in [0.1, 0.15) is 6.54 Å². The molecule has 0 radical (unpaired) electrons. The third-order valence-electron chi connectivity index (χ3n) is 3.16. The Labute approximate surface area is 129 Å². The molecule has 6 heteroatoms. The molecule has 1 heterocycles. The zero-order valence-corrected chi connectivity index (χ0v) is 12.7. The van der Waals surface area contributed by atoms with Gasteiger partial charge in [-0.05, 0) is 32.0 Å². The summed E-state index contributed by atoms with van der Waals surface area (Å²) in [7, 11) is 0. The number of carbonyl (C=O) groups excluding carboxylic acids is 2. The van der Waals surface area contributed by atoms with Crippen LogP contribution in [-0.2, 0) is 16.1 Å². The number of ether oxygens (including phenoxy) is 1. The molecule has 0 bridgehead atoms. The highest BCUT2D eigenvalue weighted by Crippen LogP contribution is 2.21. The average Bonchev–Trinajstić information content (AvgIpc) is 3.01. The lowest BCUT2D eigenvalue weighted by Crippen LogP contribution is -2.35. The van der Waals surface area contributed by atoms with Gasteiger partial charge in [0.2, 0.25) is 5.91 Å². The average molecular weight is 301 g/mol. The van der Waals surface area contributed by atoms with Gasteiger partial charge in [-0.15, -0.1) is 0 Å². The molecule has 0 unspecified atom stereocenters.